The second kappa shape index (κ2) is 8.64. The van der Waals surface area contributed by atoms with Crippen molar-refractivity contribution in [1.82, 2.24) is 0 Å². The molecule has 1 atom stereocenters. The van der Waals surface area contributed by atoms with Gasteiger partial charge in [0.05, 0.1) is 0 Å². The summed E-state index contributed by atoms with van der Waals surface area (Å²) in [6.45, 7) is 9.36. The van der Waals surface area contributed by atoms with Crippen LogP contribution in [0, 0.1) is 17.8 Å². The third-order valence-electron chi connectivity index (χ3n) is 3.03. The molecule has 0 bridgehead atoms. The number of rotatable bonds is 8. The molecule has 14 heavy (non-hydrogen) atoms. The predicted molar refractivity (Wildman–Crippen MR) is 70.0 cm³/mol. The van der Waals surface area contributed by atoms with Crippen LogP contribution in [0.25, 0.3) is 0 Å². The Morgan fingerprint density at radius 1 is 0.929 bits per heavy atom. The highest BCUT2D eigenvalue weighted by Crippen LogP contribution is 2.26. The van der Waals surface area contributed by atoms with E-state index in [-0.39, 0.29) is 0 Å². The van der Waals surface area contributed by atoms with Crippen LogP contribution in [0.2, 0.25) is 0 Å². The summed E-state index contributed by atoms with van der Waals surface area (Å²) in [5.74, 6) is 4.14. The smallest absolute Gasteiger partial charge is 0.00417 e. The molecule has 0 rings (SSSR count). The lowest BCUT2D eigenvalue weighted by Gasteiger charge is -2.22. The van der Waals surface area contributed by atoms with Crippen molar-refractivity contribution in [2.75, 3.05) is 12.0 Å². The molecular formula is C13H28S. The van der Waals surface area contributed by atoms with Gasteiger partial charge in [-0.05, 0) is 42.6 Å². The van der Waals surface area contributed by atoms with E-state index in [0.29, 0.717) is 0 Å². The van der Waals surface area contributed by atoms with Crippen molar-refractivity contribution in [3.05, 3.63) is 0 Å². The maximum atomic E-state index is 2.35. The Morgan fingerprint density at radius 2 is 1.50 bits per heavy atom. The molecule has 0 fully saturated rings. The van der Waals surface area contributed by atoms with Crippen LogP contribution in [0.15, 0.2) is 0 Å². The van der Waals surface area contributed by atoms with Gasteiger partial charge in [-0.25, -0.2) is 0 Å². The van der Waals surface area contributed by atoms with E-state index in [1.165, 1.54) is 31.4 Å². The van der Waals surface area contributed by atoms with Crippen LogP contribution in [0.1, 0.15) is 53.4 Å². The van der Waals surface area contributed by atoms with E-state index in [1.807, 2.05) is 11.8 Å². The van der Waals surface area contributed by atoms with Crippen LogP contribution < -0.4 is 0 Å². The molecule has 0 aromatic heterocycles. The third kappa shape index (κ3) is 6.75. The lowest BCUT2D eigenvalue weighted by molar-refractivity contribution is 0.332. The molecule has 0 heterocycles. The minimum atomic E-state index is 0.863. The summed E-state index contributed by atoms with van der Waals surface area (Å²) in [5.41, 5.74) is 0. The zero-order valence-corrected chi connectivity index (χ0v) is 11.5. The average molecular weight is 216 g/mol. The third-order valence-corrected chi connectivity index (χ3v) is 3.83. The minimum absolute atomic E-state index is 0.863. The molecule has 0 aromatic rings. The summed E-state index contributed by atoms with van der Waals surface area (Å²) in [4.78, 5) is 0. The Hall–Kier alpha value is 0.350. The summed E-state index contributed by atoms with van der Waals surface area (Å²) >= 11 is 2.01. The molecule has 1 heteroatoms. The summed E-state index contributed by atoms with van der Waals surface area (Å²) in [6.07, 6.45) is 7.82. The Morgan fingerprint density at radius 3 is 1.86 bits per heavy atom. The molecule has 0 radical (unpaired) electrons. The number of thioether (sulfide) groups is 1. The standard InChI is InChI=1S/C13H28S/c1-6-12(7-2)9-13(10-14-5)8-11(3)4/h11-13H,6-10H2,1-5H3. The van der Waals surface area contributed by atoms with Gasteiger partial charge in [-0.1, -0.05) is 40.5 Å². The molecular weight excluding hydrogens is 188 g/mol. The van der Waals surface area contributed by atoms with Crippen LogP contribution in [-0.4, -0.2) is 12.0 Å². The Balaban J connectivity index is 3.92. The molecule has 0 saturated heterocycles. The van der Waals surface area contributed by atoms with E-state index in [4.69, 9.17) is 0 Å². The Bertz CT molecular complexity index is 116. The van der Waals surface area contributed by atoms with E-state index < -0.39 is 0 Å². The lowest BCUT2D eigenvalue weighted by atomic mass is 9.87. The fourth-order valence-corrected chi connectivity index (χ4v) is 2.97. The highest BCUT2D eigenvalue weighted by Gasteiger charge is 2.14. The van der Waals surface area contributed by atoms with Crippen molar-refractivity contribution >= 4 is 11.8 Å². The molecule has 0 saturated carbocycles. The van der Waals surface area contributed by atoms with Crippen LogP contribution >= 0.6 is 11.8 Å². The first-order chi connectivity index (χ1) is 6.63. The molecule has 1 unspecified atom stereocenters. The summed E-state index contributed by atoms with van der Waals surface area (Å²) in [5, 5.41) is 0. The van der Waals surface area contributed by atoms with E-state index in [9.17, 15) is 0 Å². The first-order valence-corrected chi connectivity index (χ1v) is 7.52. The van der Waals surface area contributed by atoms with E-state index in [2.05, 4.69) is 34.0 Å². The van der Waals surface area contributed by atoms with Crippen LogP contribution in [0.3, 0.4) is 0 Å². The molecule has 0 amide bonds. The topological polar surface area (TPSA) is 0 Å². The molecule has 0 N–H and O–H groups in total. The molecule has 0 aromatic carbocycles. The summed E-state index contributed by atoms with van der Waals surface area (Å²) in [6, 6.07) is 0. The van der Waals surface area contributed by atoms with Crippen LogP contribution in [0.4, 0.5) is 0 Å². The van der Waals surface area contributed by atoms with Crippen molar-refractivity contribution in [2.45, 2.75) is 53.4 Å². The predicted octanol–water partition coefficient (Wildman–Crippen LogP) is 4.84. The lowest BCUT2D eigenvalue weighted by Crippen LogP contribution is -2.12. The van der Waals surface area contributed by atoms with Crippen molar-refractivity contribution in [2.24, 2.45) is 17.8 Å². The molecule has 0 aliphatic rings. The number of hydrogen-bond donors (Lipinski definition) is 0. The molecule has 86 valence electrons. The molecule has 0 spiro atoms. The SMILES string of the molecule is CCC(CC)CC(CSC)CC(C)C. The second-order valence-corrected chi connectivity index (χ2v) is 5.78. The van der Waals surface area contributed by atoms with Gasteiger partial charge >= 0.3 is 0 Å². The fraction of sp³-hybridized carbons (Fsp3) is 1.00. The Labute approximate surface area is 95.2 Å². The summed E-state index contributed by atoms with van der Waals surface area (Å²) < 4.78 is 0. The monoisotopic (exact) mass is 216 g/mol. The number of hydrogen-bond acceptors (Lipinski definition) is 1. The van der Waals surface area contributed by atoms with Gasteiger partial charge < -0.3 is 0 Å². The van der Waals surface area contributed by atoms with Gasteiger partial charge in [-0.15, -0.1) is 0 Å². The van der Waals surface area contributed by atoms with E-state index >= 15 is 0 Å². The molecule has 0 nitrogen and oxygen atoms in total. The van der Waals surface area contributed by atoms with Crippen LogP contribution in [-0.2, 0) is 0 Å². The molecule has 0 aliphatic heterocycles. The first kappa shape index (κ1) is 14.3. The van der Waals surface area contributed by atoms with Gasteiger partial charge in [0.15, 0.2) is 0 Å². The first-order valence-electron chi connectivity index (χ1n) is 6.12. The fourth-order valence-electron chi connectivity index (χ4n) is 2.23. The minimum Gasteiger partial charge on any atom is -0.165 e. The van der Waals surface area contributed by atoms with Gasteiger partial charge in [-0.2, -0.15) is 11.8 Å². The Kier molecular flexibility index (Phi) is 8.86. The highest BCUT2D eigenvalue weighted by atomic mass is 32.2. The van der Waals surface area contributed by atoms with Gasteiger partial charge in [-0.3, -0.25) is 0 Å². The van der Waals surface area contributed by atoms with Gasteiger partial charge in [0.25, 0.3) is 0 Å². The van der Waals surface area contributed by atoms with Gasteiger partial charge in [0.2, 0.25) is 0 Å². The van der Waals surface area contributed by atoms with E-state index in [0.717, 1.165) is 17.8 Å². The second-order valence-electron chi connectivity index (χ2n) is 4.87. The van der Waals surface area contributed by atoms with Crippen molar-refractivity contribution < 1.29 is 0 Å². The molecule has 0 aliphatic carbocycles. The zero-order valence-electron chi connectivity index (χ0n) is 10.7. The van der Waals surface area contributed by atoms with Gasteiger partial charge in [0, 0.05) is 0 Å². The van der Waals surface area contributed by atoms with Crippen molar-refractivity contribution in [1.29, 1.82) is 0 Å². The van der Waals surface area contributed by atoms with Crippen molar-refractivity contribution in [3.8, 4) is 0 Å². The largest absolute Gasteiger partial charge is 0.165 e. The van der Waals surface area contributed by atoms with E-state index in [1.54, 1.807) is 0 Å². The maximum Gasteiger partial charge on any atom is -0.00417 e. The highest BCUT2D eigenvalue weighted by molar-refractivity contribution is 7.98. The van der Waals surface area contributed by atoms with Crippen molar-refractivity contribution in [3.63, 3.8) is 0 Å². The maximum absolute atomic E-state index is 2.35. The van der Waals surface area contributed by atoms with Crippen LogP contribution in [0.5, 0.6) is 0 Å². The summed E-state index contributed by atoms with van der Waals surface area (Å²) in [7, 11) is 0. The zero-order chi connectivity index (χ0) is 11.0. The average Bonchev–Trinajstić information content (AvgIpc) is 2.13. The quantitative estimate of drug-likeness (QED) is 0.559. The normalized spacial score (nSPS) is 13.9. The van der Waals surface area contributed by atoms with Gasteiger partial charge in [0.1, 0.15) is 0 Å².